The molecule has 0 aromatic heterocycles. The quantitative estimate of drug-likeness (QED) is 0.212. The van der Waals surface area contributed by atoms with E-state index in [1.165, 1.54) is 0 Å². The minimum absolute atomic E-state index is 0.221. The zero-order chi connectivity index (χ0) is 30.2. The first-order chi connectivity index (χ1) is 15.1. The summed E-state index contributed by atoms with van der Waals surface area (Å²) in [6, 6.07) is 0. The van der Waals surface area contributed by atoms with Gasteiger partial charge >= 0.3 is 68.7 Å². The van der Waals surface area contributed by atoms with Gasteiger partial charge < -0.3 is 0 Å². The Morgan fingerprint density at radius 2 is 0.639 bits per heavy atom. The molecule has 0 amide bonds. The highest BCUT2D eigenvalue weighted by molar-refractivity contribution is 7.87. The molecule has 24 heteroatoms. The summed E-state index contributed by atoms with van der Waals surface area (Å²) in [5.74, 6) is -77.3. The Kier molecular flexibility index (Phi) is 7.91. The highest BCUT2D eigenvalue weighted by Crippen LogP contribution is 2.66. The third-order valence-corrected chi connectivity index (χ3v) is 5.26. The Morgan fingerprint density at radius 1 is 0.444 bits per heavy atom. The van der Waals surface area contributed by atoms with E-state index < -0.39 is 75.1 Å². The fourth-order valence-corrected chi connectivity index (χ4v) is 2.43. The van der Waals surface area contributed by atoms with Crippen molar-refractivity contribution in [3.63, 3.8) is 0 Å². The summed E-state index contributed by atoms with van der Waals surface area (Å²) in [6.45, 7) is -0.221. The summed E-state index contributed by atoms with van der Waals surface area (Å²) in [5, 5.41) is -8.01. The molecule has 0 heterocycles. The van der Waals surface area contributed by atoms with Gasteiger partial charge in [-0.3, -0.25) is 4.55 Å². The van der Waals surface area contributed by atoms with Gasteiger partial charge in [-0.1, -0.05) is 6.92 Å². The molecule has 218 valence electrons. The second kappa shape index (κ2) is 8.25. The molecule has 0 saturated heterocycles. The lowest BCUT2D eigenvalue weighted by atomic mass is 9.86. The molecule has 36 heavy (non-hydrogen) atoms. The van der Waals surface area contributed by atoms with Crippen molar-refractivity contribution < 1.29 is 101 Å². The Hall–Kier alpha value is -1.49. The molecule has 0 radical (unpaired) electrons. The molecule has 3 nitrogen and oxygen atoms in total. The molecular weight excluding hydrogens is 604 g/mol. The monoisotopic (exact) mass is 610 g/mol. The van der Waals surface area contributed by atoms with E-state index >= 15 is 0 Å². The summed E-state index contributed by atoms with van der Waals surface area (Å²) >= 11 is 0. The summed E-state index contributed by atoms with van der Waals surface area (Å²) in [7, 11) is -8.05. The van der Waals surface area contributed by atoms with Crippen molar-refractivity contribution in [3.05, 3.63) is 0 Å². The van der Waals surface area contributed by atoms with Gasteiger partial charge in [0.25, 0.3) is 0 Å². The second-order valence-corrected chi connectivity index (χ2v) is 8.11. The van der Waals surface area contributed by atoms with Crippen LogP contribution in [0.5, 0.6) is 0 Å². The van der Waals surface area contributed by atoms with E-state index in [2.05, 4.69) is 0 Å². The number of hydrogen-bond acceptors (Lipinski definition) is 2. The van der Waals surface area contributed by atoms with E-state index in [1.807, 2.05) is 0 Å². The maximum absolute atomic E-state index is 13.5. The molecular formula is C12H6F20O3S. The van der Waals surface area contributed by atoms with Gasteiger partial charge in [-0.05, 0) is 0 Å². The first-order valence-electron chi connectivity index (χ1n) is 7.81. The lowest BCUT2D eigenvalue weighted by molar-refractivity contribution is -0.466. The maximum Gasteiger partial charge on any atom is 0.438 e. The minimum atomic E-state index is -9.26. The van der Waals surface area contributed by atoms with Crippen molar-refractivity contribution in [2.24, 2.45) is 0 Å². The average Bonchev–Trinajstić information content (AvgIpc) is 2.65. The van der Waals surface area contributed by atoms with Crippen LogP contribution in [0.3, 0.4) is 0 Å². The van der Waals surface area contributed by atoms with Crippen LogP contribution in [-0.4, -0.2) is 71.5 Å². The highest BCUT2D eigenvalue weighted by atomic mass is 32.2. The molecule has 0 rings (SSSR count). The van der Waals surface area contributed by atoms with E-state index in [-0.39, 0.29) is 6.92 Å². The molecule has 0 fully saturated rings. The average molecular weight is 610 g/mol. The van der Waals surface area contributed by atoms with E-state index in [9.17, 15) is 96.2 Å². The first-order valence-corrected chi connectivity index (χ1v) is 9.25. The molecule has 0 unspecified atom stereocenters. The van der Waals surface area contributed by atoms with E-state index in [0.29, 0.717) is 0 Å². The topological polar surface area (TPSA) is 54.4 Å². The maximum atomic E-state index is 13.5. The molecule has 0 bridgehead atoms. The number of rotatable bonds is 11. The van der Waals surface area contributed by atoms with Crippen LogP contribution in [0, 0.1) is 0 Å². The SMILES string of the molecule is CCC(F)(F)C(F)(F)C(F)(F)C(F)(F)C(F)(F)C(F)(F)C(F)(F)C(F)(F)C(F)(F)C(F)(F)S(=O)(=O)O. The van der Waals surface area contributed by atoms with Gasteiger partial charge in [0.05, 0.1) is 0 Å². The largest absolute Gasteiger partial charge is 0.438 e. The summed E-state index contributed by atoms with van der Waals surface area (Å²) in [6.07, 6.45) is -2.67. The van der Waals surface area contributed by atoms with Crippen LogP contribution >= 0.6 is 0 Å². The van der Waals surface area contributed by atoms with Crippen molar-refractivity contribution in [3.8, 4) is 0 Å². The van der Waals surface area contributed by atoms with Gasteiger partial charge in [0.2, 0.25) is 0 Å². The van der Waals surface area contributed by atoms with Crippen LogP contribution in [0.1, 0.15) is 13.3 Å². The van der Waals surface area contributed by atoms with Gasteiger partial charge in [-0.2, -0.15) is 96.2 Å². The van der Waals surface area contributed by atoms with Gasteiger partial charge in [0, 0.05) is 6.42 Å². The highest BCUT2D eigenvalue weighted by Gasteiger charge is 2.98. The lowest BCUT2D eigenvalue weighted by Crippen LogP contribution is -2.77. The van der Waals surface area contributed by atoms with Crippen LogP contribution in [0.25, 0.3) is 0 Å². The minimum Gasteiger partial charge on any atom is -0.281 e. The molecule has 0 aliphatic rings. The Bertz CT molecular complexity index is 936. The standard InChI is InChI=1S/C12H6F20O3S/c1-2-3(13,14)4(15,16)5(17,18)6(19,20)7(21,22)8(23,24)9(25,26)10(27,28)11(29,30)12(31,32)36(33,34)35/h2H2,1H3,(H,33,34,35). The van der Waals surface area contributed by atoms with Gasteiger partial charge in [-0.15, -0.1) is 0 Å². The Morgan fingerprint density at radius 3 is 0.833 bits per heavy atom. The second-order valence-electron chi connectivity index (χ2n) is 6.64. The van der Waals surface area contributed by atoms with Crippen LogP contribution in [0.4, 0.5) is 87.8 Å². The normalized spacial score (nSPS) is 16.9. The van der Waals surface area contributed by atoms with Crippen LogP contribution in [-0.2, 0) is 10.1 Å². The van der Waals surface area contributed by atoms with Crippen LogP contribution in [0.15, 0.2) is 0 Å². The van der Waals surface area contributed by atoms with Crippen molar-refractivity contribution in [2.45, 2.75) is 71.9 Å². The fourth-order valence-electron chi connectivity index (χ4n) is 1.98. The molecule has 0 aromatic carbocycles. The fraction of sp³-hybridized carbons (Fsp3) is 1.00. The predicted molar refractivity (Wildman–Crippen MR) is 71.3 cm³/mol. The van der Waals surface area contributed by atoms with E-state index in [1.54, 1.807) is 0 Å². The molecule has 1 N–H and O–H groups in total. The van der Waals surface area contributed by atoms with Crippen LogP contribution < -0.4 is 0 Å². The van der Waals surface area contributed by atoms with Crippen molar-refractivity contribution in [2.75, 3.05) is 0 Å². The van der Waals surface area contributed by atoms with Crippen molar-refractivity contribution >= 4 is 10.1 Å². The van der Waals surface area contributed by atoms with Crippen molar-refractivity contribution in [1.29, 1.82) is 0 Å². The smallest absolute Gasteiger partial charge is 0.281 e. The zero-order valence-electron chi connectivity index (χ0n) is 15.9. The van der Waals surface area contributed by atoms with Crippen molar-refractivity contribution in [1.82, 2.24) is 0 Å². The number of halogens is 20. The zero-order valence-corrected chi connectivity index (χ0v) is 16.8. The first kappa shape index (κ1) is 34.5. The third-order valence-electron chi connectivity index (χ3n) is 4.35. The molecule has 0 aliphatic carbocycles. The van der Waals surface area contributed by atoms with Gasteiger partial charge in [0.1, 0.15) is 0 Å². The summed E-state index contributed by atoms with van der Waals surface area (Å²) in [5.41, 5.74) is 0. The lowest BCUT2D eigenvalue weighted by Gasteiger charge is -2.44. The molecule has 0 aromatic rings. The van der Waals surface area contributed by atoms with E-state index in [0.717, 1.165) is 0 Å². The van der Waals surface area contributed by atoms with Crippen LogP contribution in [0.2, 0.25) is 0 Å². The number of hydrogen-bond donors (Lipinski definition) is 1. The molecule has 0 atom stereocenters. The predicted octanol–water partition coefficient (Wildman–Crippen LogP) is 6.59. The molecule has 0 aliphatic heterocycles. The Labute approximate surface area is 184 Å². The van der Waals surface area contributed by atoms with E-state index in [4.69, 9.17) is 4.55 Å². The molecule has 0 saturated carbocycles. The van der Waals surface area contributed by atoms with Gasteiger partial charge in [-0.25, -0.2) is 0 Å². The van der Waals surface area contributed by atoms with Gasteiger partial charge in [0.15, 0.2) is 0 Å². The molecule has 0 spiro atoms. The number of alkyl halides is 20. The Balaban J connectivity index is 7.23. The third kappa shape index (κ3) is 3.85. The summed E-state index contributed by atoms with van der Waals surface area (Å²) < 4.78 is 293. The summed E-state index contributed by atoms with van der Waals surface area (Å²) in [4.78, 5) is 0.